The summed E-state index contributed by atoms with van der Waals surface area (Å²) in [4.78, 5) is 79.5. The van der Waals surface area contributed by atoms with Crippen LogP contribution in [0, 0.1) is 22.7 Å². The summed E-state index contributed by atoms with van der Waals surface area (Å²) >= 11 is 0. The van der Waals surface area contributed by atoms with Crippen LogP contribution in [0.1, 0.15) is 115 Å². The van der Waals surface area contributed by atoms with Gasteiger partial charge in [0.05, 0.1) is 22.6 Å². The summed E-state index contributed by atoms with van der Waals surface area (Å²) in [5.41, 5.74) is 7.27. The quantitative estimate of drug-likeness (QED) is 0.0615. The lowest BCUT2D eigenvalue weighted by atomic mass is 9.92. The molecule has 2 heterocycles. The predicted molar refractivity (Wildman–Crippen MR) is 227 cm³/mol. The fourth-order valence-electron chi connectivity index (χ4n) is 6.91. The molecule has 326 valence electrons. The van der Waals surface area contributed by atoms with Crippen LogP contribution in [0.4, 0.5) is 5.69 Å². The minimum atomic E-state index is -4.72. The van der Waals surface area contributed by atoms with Crippen molar-refractivity contribution >= 4 is 53.9 Å². The first-order chi connectivity index (χ1) is 27.9. The Hall–Kier alpha value is -4.91. The molecule has 2 aromatic carbocycles. The SMILES string of the molecule is C=C(N[C@@H](CCC(N)=O)C(C)C)[C@@H]1Cc2cccc3c2N1C(=O)[C@@H](CC(=O)/C=C(\C)c1ccc(C(=O)P(=O)(OCOC(=O)C(C)(C)C)OCOC(=O)C(C)(C)C)cc1)CC3. The van der Waals surface area contributed by atoms with E-state index < -0.39 is 55.4 Å². The van der Waals surface area contributed by atoms with E-state index in [4.69, 9.17) is 24.3 Å². The van der Waals surface area contributed by atoms with Crippen molar-refractivity contribution in [2.24, 2.45) is 28.4 Å². The number of nitrogens with two attached hydrogens (primary N) is 1. The van der Waals surface area contributed by atoms with Crippen molar-refractivity contribution in [3.8, 4) is 0 Å². The average molecular weight is 850 g/mol. The Morgan fingerprint density at radius 1 is 0.917 bits per heavy atom. The first kappa shape index (κ1) is 47.8. The molecule has 0 saturated heterocycles. The van der Waals surface area contributed by atoms with Crippen molar-refractivity contribution < 1.29 is 51.9 Å². The molecule has 14 nitrogen and oxygen atoms in total. The van der Waals surface area contributed by atoms with Crippen LogP contribution in [0.25, 0.3) is 5.57 Å². The van der Waals surface area contributed by atoms with Crippen LogP contribution in [0.3, 0.4) is 0 Å². The molecule has 3 N–H and O–H groups in total. The third-order valence-electron chi connectivity index (χ3n) is 10.5. The van der Waals surface area contributed by atoms with Crippen molar-refractivity contribution in [1.29, 1.82) is 0 Å². The molecule has 2 aliphatic heterocycles. The summed E-state index contributed by atoms with van der Waals surface area (Å²) in [5.74, 6) is -2.54. The lowest BCUT2D eigenvalue weighted by Crippen LogP contribution is -2.47. The van der Waals surface area contributed by atoms with Crippen molar-refractivity contribution in [1.82, 2.24) is 5.32 Å². The van der Waals surface area contributed by atoms with Gasteiger partial charge in [0.15, 0.2) is 5.78 Å². The molecule has 3 atom stereocenters. The number of nitrogens with zero attached hydrogens (tertiary/aromatic N) is 1. The number of ether oxygens (including phenoxy) is 2. The van der Waals surface area contributed by atoms with Gasteiger partial charge in [-0.2, -0.15) is 0 Å². The maximum Gasteiger partial charge on any atom is 0.407 e. The topological polar surface area (TPSA) is 198 Å². The van der Waals surface area contributed by atoms with Gasteiger partial charge in [-0.05, 0) is 102 Å². The highest BCUT2D eigenvalue weighted by Gasteiger charge is 2.43. The number of anilines is 1. The monoisotopic (exact) mass is 849 g/mol. The molecule has 0 spiro atoms. The van der Waals surface area contributed by atoms with Crippen molar-refractivity contribution in [3.05, 3.63) is 83.1 Å². The Balaban J connectivity index is 1.48. The molecule has 2 aromatic rings. The summed E-state index contributed by atoms with van der Waals surface area (Å²) in [6.07, 6.45) is 3.87. The first-order valence-corrected chi connectivity index (χ1v) is 21.7. The van der Waals surface area contributed by atoms with E-state index in [1.54, 1.807) is 65.5 Å². The lowest BCUT2D eigenvalue weighted by Gasteiger charge is -2.33. The van der Waals surface area contributed by atoms with Crippen molar-refractivity contribution in [2.75, 3.05) is 18.5 Å². The van der Waals surface area contributed by atoms with E-state index in [0.29, 0.717) is 42.5 Å². The predicted octanol–water partition coefficient (Wildman–Crippen LogP) is 7.42. The molecule has 0 aliphatic carbocycles. The minimum absolute atomic E-state index is 0.0240. The Morgan fingerprint density at radius 2 is 1.47 bits per heavy atom. The molecular weight excluding hydrogens is 789 g/mol. The molecule has 60 heavy (non-hydrogen) atoms. The number of allylic oxidation sites excluding steroid dienone is 2. The number of carbonyl (C=O) groups excluding carboxylic acids is 6. The standard InChI is InChI=1S/C45H60N3O11P/c1-27(2)36(20-21-38(46)50)47-29(4)37-24-33-13-11-12-31-16-19-34(40(51)48(37)39(31)33)23-35(49)22-28(3)30-14-17-32(18-15-30)41(52)60(55,58-25-56-42(53)44(5,6)7)59-26-57-43(54)45(8,9)10/h11-15,17-18,22,27,34,36-37,47H,4,16,19-21,23-26H2,1-3,5-10H3,(H2,46,50)/b28-22+/t34-,36+,37+/m1/s1. The van der Waals surface area contributed by atoms with Crippen LogP contribution in [0.15, 0.2) is 60.8 Å². The summed E-state index contributed by atoms with van der Waals surface area (Å²) in [6.45, 7) is 18.1. The fourth-order valence-corrected chi connectivity index (χ4v) is 8.07. The van der Waals surface area contributed by atoms with Gasteiger partial charge in [-0.3, -0.25) is 42.4 Å². The van der Waals surface area contributed by atoms with Gasteiger partial charge in [0, 0.05) is 42.5 Å². The summed E-state index contributed by atoms with van der Waals surface area (Å²) in [5, 5.41) is 3.49. The van der Waals surface area contributed by atoms with E-state index in [1.165, 1.54) is 18.2 Å². The number of para-hydroxylation sites is 1. The van der Waals surface area contributed by atoms with Gasteiger partial charge in [0.2, 0.25) is 25.4 Å². The number of aryl methyl sites for hydroxylation is 1. The number of esters is 2. The molecule has 4 rings (SSSR count). The highest BCUT2D eigenvalue weighted by atomic mass is 31.2. The molecule has 15 heteroatoms. The highest BCUT2D eigenvalue weighted by molar-refractivity contribution is 7.72. The zero-order chi connectivity index (χ0) is 44.7. The summed E-state index contributed by atoms with van der Waals surface area (Å²) < 4.78 is 34.4. The minimum Gasteiger partial charge on any atom is -0.438 e. The molecule has 0 radical (unpaired) electrons. The normalized spacial score (nSPS) is 17.4. The summed E-state index contributed by atoms with van der Waals surface area (Å²) in [6, 6.07) is 11.5. The number of hydrogen-bond donors (Lipinski definition) is 2. The second-order valence-corrected chi connectivity index (χ2v) is 19.8. The average Bonchev–Trinajstić information content (AvgIpc) is 3.50. The number of amides is 2. The highest BCUT2D eigenvalue weighted by Crippen LogP contribution is 2.51. The fraction of sp³-hybridized carbons (Fsp3) is 0.511. The van der Waals surface area contributed by atoms with E-state index in [-0.39, 0.29) is 54.0 Å². The van der Waals surface area contributed by atoms with Crippen LogP contribution in [0.2, 0.25) is 0 Å². The molecule has 0 saturated carbocycles. The van der Waals surface area contributed by atoms with Gasteiger partial charge in [-0.15, -0.1) is 0 Å². The maximum absolute atomic E-state index is 14.4. The van der Waals surface area contributed by atoms with Crippen LogP contribution in [-0.4, -0.2) is 60.7 Å². The van der Waals surface area contributed by atoms with E-state index in [9.17, 15) is 33.3 Å². The molecule has 0 unspecified atom stereocenters. The van der Waals surface area contributed by atoms with E-state index in [2.05, 4.69) is 11.9 Å². The van der Waals surface area contributed by atoms with E-state index in [1.807, 2.05) is 32.0 Å². The van der Waals surface area contributed by atoms with E-state index in [0.717, 1.165) is 16.8 Å². The largest absolute Gasteiger partial charge is 0.438 e. The molecular formula is C45H60N3O11P. The second kappa shape index (κ2) is 19.6. The number of benzene rings is 2. The molecule has 2 aliphatic rings. The van der Waals surface area contributed by atoms with Gasteiger partial charge in [-0.1, -0.05) is 62.9 Å². The Morgan fingerprint density at radius 3 is 2.00 bits per heavy atom. The Kier molecular flexibility index (Phi) is 15.6. The number of rotatable bonds is 19. The lowest BCUT2D eigenvalue weighted by molar-refractivity contribution is -0.161. The van der Waals surface area contributed by atoms with Crippen LogP contribution in [0.5, 0.6) is 0 Å². The third-order valence-corrected chi connectivity index (χ3v) is 12.2. The number of hydrogen-bond acceptors (Lipinski definition) is 12. The Labute approximate surface area is 353 Å². The van der Waals surface area contributed by atoms with Crippen LogP contribution in [-0.2, 0) is 59.9 Å². The van der Waals surface area contributed by atoms with Gasteiger partial charge in [0.25, 0.3) is 5.52 Å². The first-order valence-electron chi connectivity index (χ1n) is 20.2. The van der Waals surface area contributed by atoms with Gasteiger partial charge >= 0.3 is 19.5 Å². The summed E-state index contributed by atoms with van der Waals surface area (Å²) in [7, 11) is -4.72. The van der Waals surface area contributed by atoms with Gasteiger partial charge < -0.3 is 25.4 Å². The number of primary amides is 1. The maximum atomic E-state index is 14.4. The van der Waals surface area contributed by atoms with Crippen molar-refractivity contribution in [2.45, 2.75) is 113 Å². The van der Waals surface area contributed by atoms with Crippen LogP contribution < -0.4 is 16.0 Å². The molecule has 2 amide bonds. The van der Waals surface area contributed by atoms with Gasteiger partial charge in [0.1, 0.15) is 0 Å². The zero-order valence-electron chi connectivity index (χ0n) is 36.3. The van der Waals surface area contributed by atoms with Crippen LogP contribution >= 0.6 is 7.60 Å². The van der Waals surface area contributed by atoms with Crippen molar-refractivity contribution in [3.63, 3.8) is 0 Å². The third kappa shape index (κ3) is 12.1. The molecule has 0 fully saturated rings. The number of ketones is 1. The van der Waals surface area contributed by atoms with E-state index >= 15 is 0 Å². The Bertz CT molecular complexity index is 2020. The smallest absolute Gasteiger partial charge is 0.407 e. The molecule has 0 aromatic heterocycles. The number of nitrogens with one attached hydrogen (secondary N) is 1. The van der Waals surface area contributed by atoms with Gasteiger partial charge in [-0.25, -0.2) is 0 Å². The second-order valence-electron chi connectivity index (χ2n) is 17.8. The molecule has 0 bridgehead atoms. The number of carbonyl (C=O) groups is 6. The zero-order valence-corrected chi connectivity index (χ0v) is 37.1.